The van der Waals surface area contributed by atoms with E-state index in [0.29, 0.717) is 5.84 Å². The molecule has 0 bridgehead atoms. The van der Waals surface area contributed by atoms with Gasteiger partial charge in [0.05, 0.1) is 11.4 Å². The first-order chi connectivity index (χ1) is 34.1. The van der Waals surface area contributed by atoms with Gasteiger partial charge in [-0.1, -0.05) is 194 Å². The highest BCUT2D eigenvalue weighted by Crippen LogP contribution is 2.44. The topological polar surface area (TPSA) is 37.9 Å². The van der Waals surface area contributed by atoms with Crippen molar-refractivity contribution in [2.75, 3.05) is 0 Å². The van der Waals surface area contributed by atoms with Gasteiger partial charge in [-0.25, -0.2) is 9.98 Å². The number of aliphatic imine (C=N–C) groups is 2. The molecule has 0 amide bonds. The number of allylic oxidation sites excluding steroid dienone is 1. The van der Waals surface area contributed by atoms with E-state index in [-0.39, 0.29) is 0 Å². The molecule has 69 heavy (non-hydrogen) atoms. The van der Waals surface area contributed by atoms with Crippen LogP contribution in [0.15, 0.2) is 244 Å². The quantitative estimate of drug-likeness (QED) is 0.157. The number of thiophene rings is 1. The Morgan fingerprint density at radius 2 is 0.913 bits per heavy atom. The summed E-state index contributed by atoms with van der Waals surface area (Å²) >= 11 is 1.85. The highest BCUT2D eigenvalue weighted by Gasteiger charge is 2.21. The minimum absolute atomic E-state index is 0.706. The molecule has 1 aliphatic rings. The Hall–Kier alpha value is -8.44. The Bertz CT molecular complexity index is 4040. The minimum atomic E-state index is 0.706. The van der Waals surface area contributed by atoms with Crippen LogP contribution in [0.4, 0.5) is 0 Å². The van der Waals surface area contributed by atoms with Crippen LogP contribution in [0.25, 0.3) is 103 Å². The number of hydrogen-bond acceptors (Lipinski definition) is 4. The van der Waals surface area contributed by atoms with Gasteiger partial charge < -0.3 is 4.42 Å². The van der Waals surface area contributed by atoms with Gasteiger partial charge in [0.1, 0.15) is 11.2 Å². The van der Waals surface area contributed by atoms with Crippen molar-refractivity contribution in [1.29, 1.82) is 0 Å². The van der Waals surface area contributed by atoms with E-state index in [2.05, 4.69) is 231 Å². The van der Waals surface area contributed by atoms with Crippen LogP contribution in [-0.4, -0.2) is 11.5 Å². The average molecular weight is 901 g/mol. The van der Waals surface area contributed by atoms with Gasteiger partial charge in [0.15, 0.2) is 5.84 Å². The highest BCUT2D eigenvalue weighted by molar-refractivity contribution is 7.25. The van der Waals surface area contributed by atoms with E-state index >= 15 is 0 Å². The van der Waals surface area contributed by atoms with Crippen molar-refractivity contribution in [3.05, 3.63) is 247 Å². The molecule has 4 heteroatoms. The van der Waals surface area contributed by atoms with E-state index in [1.54, 1.807) is 0 Å². The summed E-state index contributed by atoms with van der Waals surface area (Å²) in [6.45, 7) is 2.23. The first-order valence-electron chi connectivity index (χ1n) is 23.7. The van der Waals surface area contributed by atoms with E-state index in [1.807, 2.05) is 11.3 Å². The van der Waals surface area contributed by atoms with Crippen LogP contribution in [-0.2, 0) is 0 Å². The molecule has 0 radical (unpaired) electrons. The Morgan fingerprint density at radius 3 is 1.67 bits per heavy atom. The van der Waals surface area contributed by atoms with E-state index in [9.17, 15) is 0 Å². The van der Waals surface area contributed by atoms with E-state index in [4.69, 9.17) is 14.4 Å². The number of hydrogen-bond donors (Lipinski definition) is 0. The van der Waals surface area contributed by atoms with Gasteiger partial charge in [0.2, 0.25) is 0 Å². The average Bonchev–Trinajstić information content (AvgIpc) is 3.99. The molecule has 0 saturated carbocycles. The van der Waals surface area contributed by atoms with E-state index in [1.165, 1.54) is 59.1 Å². The zero-order chi connectivity index (χ0) is 45.8. The number of fused-ring (bicyclic) bond motifs is 7. The van der Waals surface area contributed by atoms with Crippen LogP contribution in [0.1, 0.15) is 36.5 Å². The SMILES string of the molecule is C/C1=C(\c2ccc(-c3ccc(-c4ccccc4)cc3)cc2)N=C(c2cccc3c(-c4cccc5oc6ccc(-c7cccc8sc9ccccc9c78)cc6c45)cccc23)N=C(c2ccccc2)CC1. The number of benzene rings is 10. The summed E-state index contributed by atoms with van der Waals surface area (Å²) in [4.78, 5) is 11.1. The summed E-state index contributed by atoms with van der Waals surface area (Å²) in [5, 5.41) is 7.04. The molecule has 13 rings (SSSR count). The summed E-state index contributed by atoms with van der Waals surface area (Å²) in [6, 6.07) is 80.6. The summed E-state index contributed by atoms with van der Waals surface area (Å²) < 4.78 is 9.24. The predicted molar refractivity (Wildman–Crippen MR) is 294 cm³/mol. The van der Waals surface area contributed by atoms with E-state index in [0.717, 1.165) is 84.8 Å². The summed E-state index contributed by atoms with van der Waals surface area (Å²) in [7, 11) is 0. The zero-order valence-corrected chi connectivity index (χ0v) is 38.8. The molecular weight excluding hydrogens is 857 g/mol. The third-order valence-electron chi connectivity index (χ3n) is 13.9. The summed E-state index contributed by atoms with van der Waals surface area (Å²) in [6.07, 6.45) is 1.65. The molecule has 3 heterocycles. The standard InChI is InChI=1S/C65H44N2OS/c1-41-28-38-57(46-16-6-3-7-17-46)66-65(67-64(41)47-35-33-45(34-36-47)44-31-29-43(30-32-44)42-14-4-2-5-15-42)54-24-11-20-50-51(21-10-22-52(50)54)53-23-12-25-59-62(53)56-40-48(37-39-58(56)68-59)49-19-13-27-61-63(49)55-18-8-9-26-60(55)69-61/h2-27,29-37,39-40H,28,38H2,1H3/b64-41-,66-57?,67-65?. The lowest BCUT2D eigenvalue weighted by molar-refractivity contribution is 0.669. The van der Waals surface area contributed by atoms with Gasteiger partial charge in [0.25, 0.3) is 0 Å². The number of nitrogens with zero attached hydrogens (tertiary/aromatic N) is 2. The van der Waals surface area contributed by atoms with Crippen LogP contribution in [0.3, 0.4) is 0 Å². The molecule has 0 atom stereocenters. The monoisotopic (exact) mass is 900 g/mol. The van der Waals surface area contributed by atoms with E-state index < -0.39 is 0 Å². The number of amidine groups is 1. The molecular formula is C65H44N2OS. The maximum atomic E-state index is 6.64. The Labute approximate surface area is 404 Å². The Morgan fingerprint density at radius 1 is 0.362 bits per heavy atom. The van der Waals surface area contributed by atoms with Crippen LogP contribution < -0.4 is 0 Å². The van der Waals surface area contributed by atoms with Crippen molar-refractivity contribution in [2.45, 2.75) is 19.8 Å². The Kier molecular flexibility index (Phi) is 10.1. The second kappa shape index (κ2) is 17.0. The van der Waals surface area contributed by atoms with Crippen molar-refractivity contribution in [3.63, 3.8) is 0 Å². The van der Waals surface area contributed by atoms with Crippen LogP contribution in [0, 0.1) is 0 Å². The van der Waals surface area contributed by atoms with Crippen molar-refractivity contribution in [2.24, 2.45) is 9.98 Å². The normalized spacial score (nSPS) is 14.3. The molecule has 0 saturated heterocycles. The lowest BCUT2D eigenvalue weighted by Crippen LogP contribution is -2.11. The fraction of sp³-hybridized carbons (Fsp3) is 0.0462. The third-order valence-corrected chi connectivity index (χ3v) is 15.0. The van der Waals surface area contributed by atoms with Gasteiger partial charge >= 0.3 is 0 Å². The Balaban J connectivity index is 0.932. The number of rotatable bonds is 7. The maximum absolute atomic E-state index is 6.64. The van der Waals surface area contributed by atoms with Crippen LogP contribution in [0.2, 0.25) is 0 Å². The largest absolute Gasteiger partial charge is 0.456 e. The zero-order valence-electron chi connectivity index (χ0n) is 38.0. The van der Waals surface area contributed by atoms with Gasteiger partial charge in [0, 0.05) is 42.1 Å². The van der Waals surface area contributed by atoms with Gasteiger partial charge in [-0.15, -0.1) is 11.3 Å². The molecule has 0 fully saturated rings. The number of furan rings is 1. The molecule has 0 N–H and O–H groups in total. The lowest BCUT2D eigenvalue weighted by atomic mass is 9.91. The van der Waals surface area contributed by atoms with Crippen LogP contribution in [0.5, 0.6) is 0 Å². The second-order valence-corrected chi connectivity index (χ2v) is 19.1. The molecule has 1 aliphatic heterocycles. The van der Waals surface area contributed by atoms with Crippen molar-refractivity contribution < 1.29 is 4.42 Å². The molecule has 0 aliphatic carbocycles. The van der Waals surface area contributed by atoms with Gasteiger partial charge in [-0.3, -0.25) is 0 Å². The molecule has 2 aromatic heterocycles. The molecule has 10 aromatic carbocycles. The lowest BCUT2D eigenvalue weighted by Gasteiger charge is -2.18. The smallest absolute Gasteiger partial charge is 0.160 e. The van der Waals surface area contributed by atoms with Gasteiger partial charge in [-0.2, -0.15) is 0 Å². The maximum Gasteiger partial charge on any atom is 0.160 e. The van der Waals surface area contributed by atoms with Gasteiger partial charge in [-0.05, 0) is 117 Å². The first-order valence-corrected chi connectivity index (χ1v) is 24.5. The highest BCUT2D eigenvalue weighted by atomic mass is 32.1. The molecule has 326 valence electrons. The fourth-order valence-electron chi connectivity index (χ4n) is 10.4. The van der Waals surface area contributed by atoms with Crippen molar-refractivity contribution in [3.8, 4) is 44.5 Å². The minimum Gasteiger partial charge on any atom is -0.456 e. The molecule has 0 spiro atoms. The molecule has 12 aromatic rings. The van der Waals surface area contributed by atoms with Crippen LogP contribution >= 0.6 is 11.3 Å². The predicted octanol–water partition coefficient (Wildman–Crippen LogP) is 18.2. The summed E-state index contributed by atoms with van der Waals surface area (Å²) in [5.41, 5.74) is 17.6. The molecule has 3 nitrogen and oxygen atoms in total. The van der Waals surface area contributed by atoms with Crippen molar-refractivity contribution in [1.82, 2.24) is 0 Å². The third kappa shape index (κ3) is 7.29. The second-order valence-electron chi connectivity index (χ2n) is 18.0. The summed E-state index contributed by atoms with van der Waals surface area (Å²) in [5.74, 6) is 0.706. The first kappa shape index (κ1) is 40.8. The molecule has 0 unspecified atom stereocenters. The fourth-order valence-corrected chi connectivity index (χ4v) is 11.5. The van der Waals surface area contributed by atoms with Crippen molar-refractivity contribution >= 4 is 81.5 Å².